The van der Waals surface area contributed by atoms with Gasteiger partial charge in [-0.1, -0.05) is 13.0 Å². The number of para-hydroxylation sites is 1. The van der Waals surface area contributed by atoms with Gasteiger partial charge in [0.15, 0.2) is 5.03 Å². The summed E-state index contributed by atoms with van der Waals surface area (Å²) in [5.74, 6) is 0.631. The first-order valence-electron chi connectivity index (χ1n) is 5.44. The maximum absolute atomic E-state index is 12.2. The molecule has 0 aliphatic rings. The van der Waals surface area contributed by atoms with E-state index in [-0.39, 0.29) is 5.03 Å². The summed E-state index contributed by atoms with van der Waals surface area (Å²) in [5.41, 5.74) is 0.454. The maximum Gasteiger partial charge on any atom is 0.279 e. The Kier molecular flexibility index (Phi) is 4.32. The average Bonchev–Trinajstić information content (AvgIpc) is 2.83. The number of aromatic amines is 1. The van der Waals surface area contributed by atoms with Crippen molar-refractivity contribution in [1.29, 1.82) is 0 Å². The molecule has 0 aliphatic heterocycles. The van der Waals surface area contributed by atoms with Gasteiger partial charge in [0.25, 0.3) is 10.0 Å². The smallest absolute Gasteiger partial charge is 0.279 e. The van der Waals surface area contributed by atoms with E-state index in [2.05, 4.69) is 46.5 Å². The fourth-order valence-electron chi connectivity index (χ4n) is 1.44. The normalized spacial score (nSPS) is 11.5. The molecule has 1 aromatic heterocycles. The van der Waals surface area contributed by atoms with Crippen LogP contribution in [0.5, 0.6) is 0 Å². The molecule has 0 spiro atoms. The van der Waals surface area contributed by atoms with Crippen LogP contribution in [0.1, 0.15) is 12.7 Å². The van der Waals surface area contributed by atoms with Crippen molar-refractivity contribution in [1.82, 2.24) is 9.97 Å². The minimum Gasteiger partial charge on any atom is -0.332 e. The molecule has 2 aromatic rings. The lowest BCUT2D eigenvalue weighted by molar-refractivity contribution is 0.598. The number of hydrogen-bond donors (Lipinski definition) is 2. The molecule has 2 rings (SSSR count). The van der Waals surface area contributed by atoms with Crippen LogP contribution in [-0.4, -0.2) is 18.4 Å². The summed E-state index contributed by atoms with van der Waals surface area (Å²) in [4.78, 5) is 6.76. The van der Waals surface area contributed by atoms with E-state index >= 15 is 0 Å². The van der Waals surface area contributed by atoms with Gasteiger partial charge in [-0.15, -0.1) is 0 Å². The first kappa shape index (κ1) is 14.5. The number of aromatic nitrogens is 2. The number of sulfonamides is 1. The van der Waals surface area contributed by atoms with Gasteiger partial charge in [-0.2, -0.15) is 8.42 Å². The summed E-state index contributed by atoms with van der Waals surface area (Å²) in [5, 5.41) is 0.0482. The topological polar surface area (TPSA) is 74.8 Å². The largest absolute Gasteiger partial charge is 0.332 e. The Morgan fingerprint density at radius 3 is 2.47 bits per heavy atom. The van der Waals surface area contributed by atoms with Crippen LogP contribution in [-0.2, 0) is 16.4 Å². The Hall–Kier alpha value is -0.860. The molecule has 0 saturated heterocycles. The first-order valence-corrected chi connectivity index (χ1v) is 8.51. The second-order valence-electron chi connectivity index (χ2n) is 3.75. The number of nitrogens with one attached hydrogen (secondary N) is 2. The van der Waals surface area contributed by atoms with Crippen molar-refractivity contribution in [2.45, 2.75) is 18.4 Å². The van der Waals surface area contributed by atoms with Crippen LogP contribution in [0.4, 0.5) is 5.69 Å². The van der Waals surface area contributed by atoms with Crippen LogP contribution in [0, 0.1) is 0 Å². The third-order valence-corrected chi connectivity index (χ3v) is 5.01. The summed E-state index contributed by atoms with van der Waals surface area (Å²) < 4.78 is 28.2. The standard InChI is InChI=1S/C11H11Br2N3O2S/c1-2-9-14-6-10(15-9)19(17,18)16-11-7(12)4-3-5-8(11)13/h3-6,16H,2H2,1H3,(H,14,15). The van der Waals surface area contributed by atoms with Crippen LogP contribution in [0.25, 0.3) is 0 Å². The Balaban J connectivity index is 2.36. The number of hydrogen-bond acceptors (Lipinski definition) is 3. The van der Waals surface area contributed by atoms with Gasteiger partial charge in [-0.25, -0.2) is 4.98 Å². The third-order valence-electron chi connectivity index (χ3n) is 2.43. The van der Waals surface area contributed by atoms with E-state index in [4.69, 9.17) is 0 Å². The van der Waals surface area contributed by atoms with Crippen LogP contribution in [0.2, 0.25) is 0 Å². The van der Waals surface area contributed by atoms with Crippen LogP contribution in [0.15, 0.2) is 38.4 Å². The molecule has 0 unspecified atom stereocenters. The number of nitrogens with zero attached hydrogens (tertiary/aromatic N) is 1. The highest BCUT2D eigenvalue weighted by Crippen LogP contribution is 2.32. The molecule has 0 atom stereocenters. The Morgan fingerprint density at radius 1 is 1.32 bits per heavy atom. The lowest BCUT2D eigenvalue weighted by Crippen LogP contribution is -2.14. The van der Waals surface area contributed by atoms with Crippen LogP contribution >= 0.6 is 31.9 Å². The highest BCUT2D eigenvalue weighted by molar-refractivity contribution is 9.11. The fourth-order valence-corrected chi connectivity index (χ4v) is 3.95. The van der Waals surface area contributed by atoms with E-state index in [1.165, 1.54) is 6.20 Å². The van der Waals surface area contributed by atoms with Gasteiger partial charge in [0.1, 0.15) is 5.82 Å². The van der Waals surface area contributed by atoms with Gasteiger partial charge in [0, 0.05) is 15.4 Å². The predicted molar refractivity (Wildman–Crippen MR) is 80.6 cm³/mol. The molecule has 8 heteroatoms. The summed E-state index contributed by atoms with van der Waals surface area (Å²) >= 11 is 6.62. The molecular weight excluding hydrogens is 398 g/mol. The molecular formula is C11H11Br2N3O2S. The Morgan fingerprint density at radius 2 is 1.95 bits per heavy atom. The highest BCUT2D eigenvalue weighted by Gasteiger charge is 2.19. The van der Waals surface area contributed by atoms with Gasteiger partial charge in [-0.3, -0.25) is 4.72 Å². The number of rotatable bonds is 4. The van der Waals surface area contributed by atoms with Gasteiger partial charge in [0.2, 0.25) is 0 Å². The van der Waals surface area contributed by atoms with E-state index < -0.39 is 10.0 Å². The molecule has 1 aromatic carbocycles. The SMILES string of the molecule is CCc1ncc(S(=O)(=O)Nc2c(Br)cccc2Br)[nH]1. The van der Waals surface area contributed by atoms with Crippen molar-refractivity contribution in [2.24, 2.45) is 0 Å². The monoisotopic (exact) mass is 407 g/mol. The molecule has 0 fully saturated rings. The second kappa shape index (κ2) is 5.64. The zero-order valence-electron chi connectivity index (χ0n) is 9.94. The molecule has 5 nitrogen and oxygen atoms in total. The molecule has 1 heterocycles. The van der Waals surface area contributed by atoms with E-state index in [1.54, 1.807) is 18.2 Å². The van der Waals surface area contributed by atoms with Crippen LogP contribution in [0.3, 0.4) is 0 Å². The number of benzene rings is 1. The zero-order valence-corrected chi connectivity index (χ0v) is 13.9. The molecule has 102 valence electrons. The Bertz CT molecular complexity index is 677. The number of H-pyrrole nitrogens is 1. The van der Waals surface area contributed by atoms with Crippen molar-refractivity contribution in [3.05, 3.63) is 39.2 Å². The number of imidazole rings is 1. The van der Waals surface area contributed by atoms with Gasteiger partial charge < -0.3 is 4.98 Å². The lowest BCUT2D eigenvalue weighted by atomic mass is 10.3. The van der Waals surface area contributed by atoms with Gasteiger partial charge >= 0.3 is 0 Å². The van der Waals surface area contributed by atoms with Gasteiger partial charge in [0.05, 0.1) is 11.9 Å². The van der Waals surface area contributed by atoms with Crippen molar-refractivity contribution in [2.75, 3.05) is 4.72 Å². The molecule has 2 N–H and O–H groups in total. The zero-order chi connectivity index (χ0) is 14.0. The minimum atomic E-state index is -3.68. The minimum absolute atomic E-state index is 0.0482. The molecule has 0 radical (unpaired) electrons. The van der Waals surface area contributed by atoms with Gasteiger partial charge in [-0.05, 0) is 44.0 Å². The van der Waals surface area contributed by atoms with Crippen molar-refractivity contribution < 1.29 is 8.42 Å². The lowest BCUT2D eigenvalue weighted by Gasteiger charge is -2.10. The number of aryl methyl sites for hydroxylation is 1. The maximum atomic E-state index is 12.2. The molecule has 0 saturated carbocycles. The van der Waals surface area contributed by atoms with E-state index in [0.717, 1.165) is 0 Å². The second-order valence-corrected chi connectivity index (χ2v) is 7.11. The third kappa shape index (κ3) is 3.18. The van der Waals surface area contributed by atoms with E-state index in [0.29, 0.717) is 26.9 Å². The average molecular weight is 409 g/mol. The van der Waals surface area contributed by atoms with Crippen molar-refractivity contribution >= 4 is 47.6 Å². The van der Waals surface area contributed by atoms with E-state index in [1.807, 2.05) is 6.92 Å². The van der Waals surface area contributed by atoms with Crippen LogP contribution < -0.4 is 4.72 Å². The molecule has 0 aliphatic carbocycles. The summed E-state index contributed by atoms with van der Waals surface area (Å²) in [7, 11) is -3.68. The molecule has 0 bridgehead atoms. The summed E-state index contributed by atoms with van der Waals surface area (Å²) in [6, 6.07) is 5.32. The summed E-state index contributed by atoms with van der Waals surface area (Å²) in [6.45, 7) is 1.90. The summed E-state index contributed by atoms with van der Waals surface area (Å²) in [6.07, 6.45) is 1.96. The number of anilines is 1. The molecule has 0 amide bonds. The number of halogens is 2. The molecule has 19 heavy (non-hydrogen) atoms. The predicted octanol–water partition coefficient (Wildman–Crippen LogP) is 3.30. The quantitative estimate of drug-likeness (QED) is 0.814. The Labute approximate surface area is 128 Å². The van der Waals surface area contributed by atoms with E-state index in [9.17, 15) is 8.42 Å². The van der Waals surface area contributed by atoms with Crippen molar-refractivity contribution in [3.8, 4) is 0 Å². The fraction of sp³-hybridized carbons (Fsp3) is 0.182. The highest BCUT2D eigenvalue weighted by atomic mass is 79.9. The van der Waals surface area contributed by atoms with Crippen molar-refractivity contribution in [3.63, 3.8) is 0 Å². The first-order chi connectivity index (χ1) is 8.94.